The van der Waals surface area contributed by atoms with E-state index in [9.17, 15) is 9.50 Å². The lowest BCUT2D eigenvalue weighted by Crippen LogP contribution is -2.49. The molecule has 1 heterocycles. The Balaban J connectivity index is 0.00000280. The van der Waals surface area contributed by atoms with Crippen molar-refractivity contribution in [1.29, 1.82) is 0 Å². The van der Waals surface area contributed by atoms with Crippen LogP contribution in [0.5, 0.6) is 5.75 Å². The van der Waals surface area contributed by atoms with E-state index in [-0.39, 0.29) is 42.9 Å². The van der Waals surface area contributed by atoms with Gasteiger partial charge >= 0.3 is 0 Å². The molecule has 0 radical (unpaired) electrons. The summed E-state index contributed by atoms with van der Waals surface area (Å²) in [6, 6.07) is 7.02. The summed E-state index contributed by atoms with van der Waals surface area (Å²) in [5.74, 6) is 0.965. The van der Waals surface area contributed by atoms with Gasteiger partial charge in [-0.05, 0) is 56.9 Å². The number of hydrogen-bond acceptors (Lipinski definition) is 4. The number of aliphatic hydroxyl groups excluding tert-OH is 1. The molecule has 158 valence electrons. The highest BCUT2D eigenvalue weighted by molar-refractivity contribution is 14.0. The number of halogens is 2. The molecule has 0 amide bonds. The largest absolute Gasteiger partial charge is 0.491 e. The van der Waals surface area contributed by atoms with Gasteiger partial charge in [-0.1, -0.05) is 0 Å². The van der Waals surface area contributed by atoms with Crippen LogP contribution in [-0.4, -0.2) is 66.9 Å². The molecule has 1 saturated heterocycles. The van der Waals surface area contributed by atoms with Gasteiger partial charge in [-0.2, -0.15) is 0 Å². The van der Waals surface area contributed by atoms with Crippen LogP contribution in [0.15, 0.2) is 29.3 Å². The molecule has 1 atom stereocenters. The molecular formula is C20H32FIN4O2. The predicted octanol–water partition coefficient (Wildman–Crippen LogP) is 2.37. The van der Waals surface area contributed by atoms with E-state index in [0.717, 1.165) is 44.5 Å². The number of rotatable bonds is 8. The molecule has 1 unspecified atom stereocenters. The van der Waals surface area contributed by atoms with E-state index in [1.54, 1.807) is 12.1 Å². The molecule has 0 aromatic heterocycles. The summed E-state index contributed by atoms with van der Waals surface area (Å²) in [6.45, 7) is 5.47. The lowest BCUT2D eigenvalue weighted by Gasteiger charge is -2.33. The summed E-state index contributed by atoms with van der Waals surface area (Å²) < 4.78 is 18.4. The Bertz CT molecular complexity index is 605. The number of piperidine rings is 1. The van der Waals surface area contributed by atoms with Crippen molar-refractivity contribution in [2.45, 2.75) is 50.8 Å². The van der Waals surface area contributed by atoms with E-state index in [4.69, 9.17) is 4.74 Å². The van der Waals surface area contributed by atoms with Crippen molar-refractivity contribution in [2.24, 2.45) is 4.99 Å². The van der Waals surface area contributed by atoms with E-state index >= 15 is 0 Å². The van der Waals surface area contributed by atoms with Crippen molar-refractivity contribution in [2.75, 3.05) is 32.8 Å². The highest BCUT2D eigenvalue weighted by atomic mass is 127. The topological polar surface area (TPSA) is 69.1 Å². The van der Waals surface area contributed by atoms with E-state index in [2.05, 4.69) is 20.5 Å². The third-order valence-corrected chi connectivity index (χ3v) is 4.99. The normalized spacial score (nSPS) is 19.6. The molecule has 3 N–H and O–H groups in total. The minimum atomic E-state index is -0.720. The summed E-state index contributed by atoms with van der Waals surface area (Å²) in [5.41, 5.74) is 0. The van der Waals surface area contributed by atoms with E-state index in [0.29, 0.717) is 11.8 Å². The summed E-state index contributed by atoms with van der Waals surface area (Å²) in [4.78, 5) is 7.09. The average Bonchev–Trinajstić information content (AvgIpc) is 3.52. The summed E-state index contributed by atoms with van der Waals surface area (Å²) in [5, 5.41) is 16.9. The van der Waals surface area contributed by atoms with Crippen LogP contribution in [0.3, 0.4) is 0 Å². The zero-order valence-corrected chi connectivity index (χ0v) is 18.8. The third kappa shape index (κ3) is 7.71. The van der Waals surface area contributed by atoms with Crippen molar-refractivity contribution in [1.82, 2.24) is 15.5 Å². The fourth-order valence-corrected chi connectivity index (χ4v) is 3.33. The Morgan fingerprint density at radius 1 is 1.25 bits per heavy atom. The van der Waals surface area contributed by atoms with Gasteiger partial charge in [-0.25, -0.2) is 4.39 Å². The fraction of sp³-hybridized carbons (Fsp3) is 0.650. The maximum atomic E-state index is 12.9. The molecule has 1 aliphatic heterocycles. The maximum absolute atomic E-state index is 12.9. The van der Waals surface area contributed by atoms with Crippen LogP contribution in [0.2, 0.25) is 0 Å². The Morgan fingerprint density at radius 2 is 1.93 bits per heavy atom. The van der Waals surface area contributed by atoms with Gasteiger partial charge in [-0.15, -0.1) is 24.0 Å². The number of likely N-dealkylation sites (tertiary alicyclic amines) is 1. The second-order valence-electron chi connectivity index (χ2n) is 7.32. The monoisotopic (exact) mass is 506 g/mol. The molecule has 8 heteroatoms. The Hall–Kier alpha value is -1.13. The first-order chi connectivity index (χ1) is 13.1. The Labute approximate surface area is 184 Å². The molecule has 2 fully saturated rings. The fourth-order valence-electron chi connectivity index (χ4n) is 3.33. The highest BCUT2D eigenvalue weighted by Crippen LogP contribution is 2.29. The predicted molar refractivity (Wildman–Crippen MR) is 120 cm³/mol. The number of ether oxygens (including phenoxy) is 1. The first kappa shape index (κ1) is 23.2. The highest BCUT2D eigenvalue weighted by Gasteiger charge is 2.31. The second-order valence-corrected chi connectivity index (χ2v) is 7.32. The third-order valence-electron chi connectivity index (χ3n) is 4.99. The van der Waals surface area contributed by atoms with Gasteiger partial charge < -0.3 is 25.4 Å². The maximum Gasteiger partial charge on any atom is 0.191 e. The van der Waals surface area contributed by atoms with Crippen LogP contribution < -0.4 is 15.4 Å². The standard InChI is InChI=1S/C20H31FN4O2.HI/c1-2-22-20(24-16-9-11-25(12-10-16)17-5-6-17)23-13-18(26)14-27-19-7-3-15(21)4-8-19;/h3-4,7-8,16-18,26H,2,5-6,9-14H2,1H3,(H2,22,23,24);1H. The Kier molecular flexibility index (Phi) is 9.73. The van der Waals surface area contributed by atoms with Crippen molar-refractivity contribution in [3.63, 3.8) is 0 Å². The molecular weight excluding hydrogens is 474 g/mol. The Morgan fingerprint density at radius 3 is 2.54 bits per heavy atom. The first-order valence-electron chi connectivity index (χ1n) is 9.99. The molecule has 0 spiro atoms. The van der Waals surface area contributed by atoms with Gasteiger partial charge in [0.15, 0.2) is 5.96 Å². The van der Waals surface area contributed by atoms with Crippen LogP contribution >= 0.6 is 24.0 Å². The lowest BCUT2D eigenvalue weighted by molar-refractivity contribution is 0.114. The number of hydrogen-bond donors (Lipinski definition) is 3. The van der Waals surface area contributed by atoms with Crippen LogP contribution in [0.4, 0.5) is 4.39 Å². The van der Waals surface area contributed by atoms with Crippen molar-refractivity contribution in [3.05, 3.63) is 30.1 Å². The second kappa shape index (κ2) is 11.8. The number of nitrogens with zero attached hydrogens (tertiary/aromatic N) is 2. The molecule has 28 heavy (non-hydrogen) atoms. The van der Waals surface area contributed by atoms with Crippen LogP contribution in [0.1, 0.15) is 32.6 Å². The van der Waals surface area contributed by atoms with Gasteiger partial charge in [-0.3, -0.25) is 4.99 Å². The van der Waals surface area contributed by atoms with E-state index < -0.39 is 6.10 Å². The smallest absolute Gasteiger partial charge is 0.191 e. The van der Waals surface area contributed by atoms with Gasteiger partial charge in [0.05, 0.1) is 6.54 Å². The number of guanidine groups is 1. The number of aliphatic imine (C=N–C) groups is 1. The molecule has 1 aromatic rings. The molecule has 0 bridgehead atoms. The van der Waals surface area contributed by atoms with Gasteiger partial charge in [0.2, 0.25) is 0 Å². The van der Waals surface area contributed by atoms with Crippen LogP contribution in [0.25, 0.3) is 0 Å². The van der Waals surface area contributed by atoms with Gasteiger partial charge in [0.1, 0.15) is 24.3 Å². The van der Waals surface area contributed by atoms with Crippen molar-refractivity contribution in [3.8, 4) is 5.75 Å². The summed E-state index contributed by atoms with van der Waals surface area (Å²) in [6.07, 6.45) is 4.25. The zero-order chi connectivity index (χ0) is 19.1. The van der Waals surface area contributed by atoms with E-state index in [1.807, 2.05) is 6.92 Å². The number of aliphatic hydroxyl groups is 1. The minimum absolute atomic E-state index is 0. The summed E-state index contributed by atoms with van der Waals surface area (Å²) >= 11 is 0. The lowest BCUT2D eigenvalue weighted by atomic mass is 10.1. The van der Waals surface area contributed by atoms with Gasteiger partial charge in [0, 0.05) is 31.7 Å². The zero-order valence-electron chi connectivity index (χ0n) is 16.4. The minimum Gasteiger partial charge on any atom is -0.491 e. The SMILES string of the molecule is CCNC(=NCC(O)COc1ccc(F)cc1)NC1CCN(C2CC2)CC1.I. The van der Waals surface area contributed by atoms with Crippen molar-refractivity contribution >= 4 is 29.9 Å². The average molecular weight is 506 g/mol. The first-order valence-corrected chi connectivity index (χ1v) is 9.99. The molecule has 2 aliphatic rings. The van der Waals surface area contributed by atoms with Crippen LogP contribution in [-0.2, 0) is 0 Å². The molecule has 3 rings (SSSR count). The number of nitrogens with one attached hydrogen (secondary N) is 2. The van der Waals surface area contributed by atoms with Crippen molar-refractivity contribution < 1.29 is 14.2 Å². The summed E-state index contributed by atoms with van der Waals surface area (Å²) in [7, 11) is 0. The number of benzene rings is 1. The molecule has 1 aromatic carbocycles. The van der Waals surface area contributed by atoms with Gasteiger partial charge in [0.25, 0.3) is 0 Å². The molecule has 1 aliphatic carbocycles. The quantitative estimate of drug-likeness (QED) is 0.287. The van der Waals surface area contributed by atoms with Crippen LogP contribution in [0, 0.1) is 5.82 Å². The molecule has 1 saturated carbocycles. The molecule has 6 nitrogen and oxygen atoms in total. The van der Waals surface area contributed by atoms with E-state index in [1.165, 1.54) is 25.0 Å².